The van der Waals surface area contributed by atoms with Crippen molar-refractivity contribution < 1.29 is 17.9 Å². The lowest BCUT2D eigenvalue weighted by Crippen LogP contribution is -2.36. The van der Waals surface area contributed by atoms with E-state index in [1.807, 2.05) is 35.3 Å². The molecule has 2 aromatic heterocycles. The van der Waals surface area contributed by atoms with E-state index in [0.29, 0.717) is 16.6 Å². The van der Waals surface area contributed by atoms with E-state index in [2.05, 4.69) is 32.1 Å². The molecule has 188 valence electrons. The van der Waals surface area contributed by atoms with Crippen LogP contribution in [0, 0.1) is 5.82 Å². The fourth-order valence-electron chi connectivity index (χ4n) is 4.56. The lowest BCUT2D eigenvalue weighted by Gasteiger charge is -2.32. The first-order valence-electron chi connectivity index (χ1n) is 11.9. The molecule has 1 aliphatic rings. The molecule has 5 rings (SSSR count). The summed E-state index contributed by atoms with van der Waals surface area (Å²) in [5, 5.41) is 17.7. The Hall–Kier alpha value is -3.44. The second-order valence-electron chi connectivity index (χ2n) is 8.89. The Balaban J connectivity index is 1.33. The molecule has 4 aromatic rings. The predicted octanol–water partition coefficient (Wildman–Crippen LogP) is 3.20. The number of anilines is 1. The Morgan fingerprint density at radius 3 is 2.42 bits per heavy atom. The molecule has 0 amide bonds. The highest BCUT2D eigenvalue weighted by molar-refractivity contribution is 7.91. The minimum absolute atomic E-state index is 0.195. The van der Waals surface area contributed by atoms with Crippen LogP contribution in [0.1, 0.15) is 31.4 Å². The molecule has 3 heterocycles. The van der Waals surface area contributed by atoms with Crippen LogP contribution < -0.4 is 4.90 Å². The topological polar surface area (TPSA) is 114 Å². The third kappa shape index (κ3) is 4.68. The highest BCUT2D eigenvalue weighted by atomic mass is 32.2. The molecule has 0 atom stereocenters. The van der Waals surface area contributed by atoms with Crippen LogP contribution in [0.4, 0.5) is 10.3 Å². The number of hydrogen-bond acceptors (Lipinski definition) is 8. The SMILES string of the molecule is CCc1cnc(N2CCC(n3nnc4cc(-c5ccc(S(=O)(=O)CCO)c(F)c5)ccc43)CC2)nc1. The minimum Gasteiger partial charge on any atom is -0.395 e. The summed E-state index contributed by atoms with van der Waals surface area (Å²) in [5.74, 6) is -0.610. The number of aliphatic hydroxyl groups excluding tert-OH is 1. The molecule has 0 unspecified atom stereocenters. The normalized spacial score (nSPS) is 15.0. The number of aryl methyl sites for hydroxylation is 1. The molecule has 36 heavy (non-hydrogen) atoms. The third-order valence-corrected chi connectivity index (χ3v) is 8.35. The molecule has 1 fully saturated rings. The molecule has 0 aliphatic carbocycles. The van der Waals surface area contributed by atoms with Crippen molar-refractivity contribution in [3.63, 3.8) is 0 Å². The number of benzene rings is 2. The molecule has 2 aromatic carbocycles. The zero-order chi connectivity index (χ0) is 25.3. The lowest BCUT2D eigenvalue weighted by atomic mass is 10.0. The molecule has 1 N–H and O–H groups in total. The van der Waals surface area contributed by atoms with Gasteiger partial charge < -0.3 is 10.0 Å². The van der Waals surface area contributed by atoms with Crippen molar-refractivity contribution in [2.75, 3.05) is 30.3 Å². The highest BCUT2D eigenvalue weighted by Crippen LogP contribution is 2.30. The number of nitrogens with zero attached hydrogens (tertiary/aromatic N) is 6. The Labute approximate surface area is 208 Å². The Bertz CT molecular complexity index is 1480. The first-order chi connectivity index (χ1) is 17.4. The number of fused-ring (bicyclic) bond motifs is 1. The summed E-state index contributed by atoms with van der Waals surface area (Å²) in [4.78, 5) is 10.8. The van der Waals surface area contributed by atoms with Gasteiger partial charge in [-0.05, 0) is 60.2 Å². The summed E-state index contributed by atoms with van der Waals surface area (Å²) in [6, 6.07) is 9.79. The Kier molecular flexibility index (Phi) is 6.67. The Morgan fingerprint density at radius 1 is 1.06 bits per heavy atom. The molecule has 0 bridgehead atoms. The van der Waals surface area contributed by atoms with Crippen LogP contribution in [0.15, 0.2) is 53.7 Å². The van der Waals surface area contributed by atoms with E-state index in [9.17, 15) is 12.8 Å². The van der Waals surface area contributed by atoms with E-state index >= 15 is 0 Å². The number of piperidine rings is 1. The van der Waals surface area contributed by atoms with Gasteiger partial charge in [0, 0.05) is 25.5 Å². The van der Waals surface area contributed by atoms with Crippen molar-refractivity contribution in [2.45, 2.75) is 37.1 Å². The average Bonchev–Trinajstić information content (AvgIpc) is 3.32. The molecule has 1 saturated heterocycles. The summed E-state index contributed by atoms with van der Waals surface area (Å²) >= 11 is 0. The maximum absolute atomic E-state index is 14.6. The van der Waals surface area contributed by atoms with E-state index in [0.717, 1.165) is 49.4 Å². The van der Waals surface area contributed by atoms with Gasteiger partial charge >= 0.3 is 0 Å². The number of rotatable bonds is 7. The van der Waals surface area contributed by atoms with Crippen LogP contribution in [0.5, 0.6) is 0 Å². The monoisotopic (exact) mass is 510 g/mol. The second-order valence-corrected chi connectivity index (χ2v) is 11.0. The maximum atomic E-state index is 14.6. The van der Waals surface area contributed by atoms with Crippen molar-refractivity contribution in [1.82, 2.24) is 25.0 Å². The van der Waals surface area contributed by atoms with Gasteiger partial charge in [0.1, 0.15) is 16.2 Å². The van der Waals surface area contributed by atoms with Gasteiger partial charge in [0.05, 0.1) is 23.9 Å². The fourth-order valence-corrected chi connectivity index (χ4v) is 5.65. The minimum atomic E-state index is -3.87. The molecular weight excluding hydrogens is 483 g/mol. The first-order valence-corrected chi connectivity index (χ1v) is 13.6. The third-order valence-electron chi connectivity index (χ3n) is 6.62. The van der Waals surface area contributed by atoms with Gasteiger partial charge in [-0.15, -0.1) is 5.10 Å². The number of aromatic nitrogens is 5. The van der Waals surface area contributed by atoms with Gasteiger partial charge in [-0.2, -0.15) is 0 Å². The van der Waals surface area contributed by atoms with E-state index in [4.69, 9.17) is 5.11 Å². The number of halogens is 1. The molecule has 0 saturated carbocycles. The van der Waals surface area contributed by atoms with Crippen LogP contribution in [-0.2, 0) is 16.3 Å². The smallest absolute Gasteiger partial charge is 0.225 e. The summed E-state index contributed by atoms with van der Waals surface area (Å²) in [7, 11) is -3.87. The first kappa shape index (κ1) is 24.3. The maximum Gasteiger partial charge on any atom is 0.225 e. The number of aliphatic hydroxyl groups is 1. The molecular formula is C25H27FN6O3S. The summed E-state index contributed by atoms with van der Waals surface area (Å²) < 4.78 is 40.8. The lowest BCUT2D eigenvalue weighted by molar-refractivity contribution is 0.319. The van der Waals surface area contributed by atoms with Crippen LogP contribution in [-0.4, -0.2) is 63.9 Å². The van der Waals surface area contributed by atoms with Gasteiger partial charge in [0.15, 0.2) is 9.84 Å². The fraction of sp³-hybridized carbons (Fsp3) is 0.360. The van der Waals surface area contributed by atoms with Gasteiger partial charge in [0.25, 0.3) is 0 Å². The molecule has 9 nitrogen and oxygen atoms in total. The van der Waals surface area contributed by atoms with Crippen molar-refractivity contribution in [3.8, 4) is 11.1 Å². The second kappa shape index (κ2) is 9.90. The molecule has 11 heteroatoms. The van der Waals surface area contributed by atoms with E-state index in [1.54, 1.807) is 6.07 Å². The molecule has 0 radical (unpaired) electrons. The predicted molar refractivity (Wildman–Crippen MR) is 134 cm³/mol. The van der Waals surface area contributed by atoms with E-state index in [-0.39, 0.29) is 6.04 Å². The standard InChI is InChI=1S/C25H27FN6O3S/c1-2-17-15-27-25(28-16-17)31-9-7-20(8-10-31)32-23-5-3-19(14-22(23)29-30-32)18-4-6-24(21(26)13-18)36(34,35)12-11-33/h3-6,13-16,20,33H,2,7-12H2,1H3. The number of sulfone groups is 1. The van der Waals surface area contributed by atoms with Crippen LogP contribution in [0.3, 0.4) is 0 Å². The number of hydrogen-bond donors (Lipinski definition) is 1. The van der Waals surface area contributed by atoms with Gasteiger partial charge in [-0.25, -0.2) is 27.5 Å². The average molecular weight is 511 g/mol. The Morgan fingerprint density at radius 2 is 1.75 bits per heavy atom. The van der Waals surface area contributed by atoms with Gasteiger partial charge in [-0.1, -0.05) is 24.3 Å². The van der Waals surface area contributed by atoms with Crippen molar-refractivity contribution in [1.29, 1.82) is 0 Å². The van der Waals surface area contributed by atoms with Crippen molar-refractivity contribution in [2.24, 2.45) is 0 Å². The van der Waals surface area contributed by atoms with Crippen molar-refractivity contribution in [3.05, 3.63) is 60.2 Å². The highest BCUT2D eigenvalue weighted by Gasteiger charge is 2.25. The van der Waals surface area contributed by atoms with Crippen molar-refractivity contribution >= 4 is 26.8 Å². The molecule has 0 spiro atoms. The van der Waals surface area contributed by atoms with Crippen LogP contribution in [0.25, 0.3) is 22.2 Å². The van der Waals surface area contributed by atoms with Gasteiger partial charge in [-0.3, -0.25) is 0 Å². The van der Waals surface area contributed by atoms with E-state index < -0.39 is 32.9 Å². The van der Waals surface area contributed by atoms with Crippen LogP contribution >= 0.6 is 0 Å². The zero-order valence-corrected chi connectivity index (χ0v) is 20.7. The largest absolute Gasteiger partial charge is 0.395 e. The summed E-state index contributed by atoms with van der Waals surface area (Å²) in [5.41, 5.74) is 3.94. The summed E-state index contributed by atoms with van der Waals surface area (Å²) in [6.07, 6.45) is 6.44. The van der Waals surface area contributed by atoms with E-state index in [1.165, 1.54) is 12.1 Å². The summed E-state index contributed by atoms with van der Waals surface area (Å²) in [6.45, 7) is 3.16. The van der Waals surface area contributed by atoms with Gasteiger partial charge in [0.2, 0.25) is 5.95 Å². The quantitative estimate of drug-likeness (QED) is 0.403. The zero-order valence-electron chi connectivity index (χ0n) is 19.9. The van der Waals surface area contributed by atoms with Crippen LogP contribution in [0.2, 0.25) is 0 Å². The molecule has 1 aliphatic heterocycles.